The molecule has 0 radical (unpaired) electrons. The Morgan fingerprint density at radius 2 is 0.811 bits per heavy atom. The van der Waals surface area contributed by atoms with Crippen LogP contribution in [0.1, 0.15) is 54.4 Å². The van der Waals surface area contributed by atoms with Gasteiger partial charge in [-0.05, 0) is 42.1 Å². The Bertz CT molecular complexity index is 1070. The number of hydrogen-bond acceptors (Lipinski definition) is 3. The highest BCUT2D eigenvalue weighted by Crippen LogP contribution is 2.41. The first-order valence-electron chi connectivity index (χ1n) is 13.4. The van der Waals surface area contributed by atoms with E-state index in [1.165, 1.54) is 0 Å². The topological polar surface area (TPSA) is 43.7 Å². The first-order chi connectivity index (χ1) is 18.0. The van der Waals surface area contributed by atoms with Crippen LogP contribution < -0.4 is 0 Å². The molecule has 4 aromatic carbocycles. The van der Waals surface area contributed by atoms with Crippen LogP contribution in [0.15, 0.2) is 121 Å². The number of piperidine rings is 1. The SMILES string of the molecule is CN1[C@@H](CC(O)(c2ccccc2)c2ccccc2)CCC[C@@H]1CC(O)(c1ccccc1)c1ccccc1. The van der Waals surface area contributed by atoms with Crippen LogP contribution in [-0.2, 0) is 11.2 Å². The molecular weight excluding hydrogens is 454 g/mol. The Hall–Kier alpha value is -3.24. The Morgan fingerprint density at radius 3 is 1.08 bits per heavy atom. The van der Waals surface area contributed by atoms with Gasteiger partial charge in [-0.1, -0.05) is 128 Å². The molecule has 0 saturated carbocycles. The van der Waals surface area contributed by atoms with E-state index in [0.717, 1.165) is 41.5 Å². The zero-order chi connectivity index (χ0) is 25.7. The molecule has 0 spiro atoms. The lowest BCUT2D eigenvalue weighted by molar-refractivity contribution is -0.0156. The van der Waals surface area contributed by atoms with E-state index in [1.807, 2.05) is 121 Å². The van der Waals surface area contributed by atoms with Gasteiger partial charge in [0.05, 0.1) is 0 Å². The summed E-state index contributed by atoms with van der Waals surface area (Å²) >= 11 is 0. The fraction of sp³-hybridized carbons (Fsp3) is 0.294. The summed E-state index contributed by atoms with van der Waals surface area (Å²) in [7, 11) is 2.17. The van der Waals surface area contributed by atoms with Crippen LogP contribution in [0.5, 0.6) is 0 Å². The van der Waals surface area contributed by atoms with Gasteiger partial charge in [0.15, 0.2) is 0 Å². The van der Waals surface area contributed by atoms with Crippen molar-refractivity contribution in [2.75, 3.05) is 7.05 Å². The van der Waals surface area contributed by atoms with Crippen LogP contribution >= 0.6 is 0 Å². The van der Waals surface area contributed by atoms with Crippen molar-refractivity contribution >= 4 is 0 Å². The minimum Gasteiger partial charge on any atom is -0.380 e. The third-order valence-electron chi connectivity index (χ3n) is 8.29. The number of hydrogen-bond donors (Lipinski definition) is 2. The van der Waals surface area contributed by atoms with Crippen molar-refractivity contribution in [3.63, 3.8) is 0 Å². The molecule has 2 atom stereocenters. The molecule has 5 rings (SSSR count). The van der Waals surface area contributed by atoms with Crippen LogP contribution in [0.2, 0.25) is 0 Å². The predicted octanol–water partition coefficient (Wildman–Crippen LogP) is 6.49. The molecular formula is C34H37NO2. The predicted molar refractivity (Wildman–Crippen MR) is 150 cm³/mol. The molecule has 1 aliphatic rings. The quantitative estimate of drug-likeness (QED) is 0.296. The summed E-state index contributed by atoms with van der Waals surface area (Å²) in [6, 6.07) is 40.5. The molecule has 1 heterocycles. The third kappa shape index (κ3) is 5.26. The number of benzene rings is 4. The van der Waals surface area contributed by atoms with E-state index in [-0.39, 0.29) is 12.1 Å². The highest BCUT2D eigenvalue weighted by atomic mass is 16.3. The van der Waals surface area contributed by atoms with Crippen molar-refractivity contribution in [1.29, 1.82) is 0 Å². The van der Waals surface area contributed by atoms with E-state index < -0.39 is 11.2 Å². The van der Waals surface area contributed by atoms with E-state index in [4.69, 9.17) is 0 Å². The van der Waals surface area contributed by atoms with Crippen molar-refractivity contribution < 1.29 is 10.2 Å². The van der Waals surface area contributed by atoms with Crippen molar-refractivity contribution in [3.8, 4) is 0 Å². The first kappa shape index (κ1) is 25.4. The van der Waals surface area contributed by atoms with Crippen molar-refractivity contribution in [2.24, 2.45) is 0 Å². The van der Waals surface area contributed by atoms with Gasteiger partial charge in [0.1, 0.15) is 11.2 Å². The maximum atomic E-state index is 12.2. The third-order valence-corrected chi connectivity index (χ3v) is 8.29. The zero-order valence-corrected chi connectivity index (χ0v) is 21.6. The van der Waals surface area contributed by atoms with Crippen LogP contribution in [-0.4, -0.2) is 34.2 Å². The molecule has 1 saturated heterocycles. The lowest BCUT2D eigenvalue weighted by atomic mass is 9.76. The number of likely N-dealkylation sites (tertiary alicyclic amines) is 1. The second-order valence-corrected chi connectivity index (χ2v) is 10.5. The monoisotopic (exact) mass is 491 g/mol. The van der Waals surface area contributed by atoms with Crippen LogP contribution in [0.3, 0.4) is 0 Å². The molecule has 0 bridgehead atoms. The minimum atomic E-state index is -1.08. The van der Waals surface area contributed by atoms with Crippen LogP contribution in [0.4, 0.5) is 0 Å². The summed E-state index contributed by atoms with van der Waals surface area (Å²) in [5, 5.41) is 24.4. The second-order valence-electron chi connectivity index (χ2n) is 10.5. The molecule has 2 N–H and O–H groups in total. The fourth-order valence-electron chi connectivity index (χ4n) is 6.13. The maximum absolute atomic E-state index is 12.2. The molecule has 37 heavy (non-hydrogen) atoms. The molecule has 0 aliphatic carbocycles. The summed E-state index contributed by atoms with van der Waals surface area (Å²) in [5.74, 6) is 0. The van der Waals surface area contributed by atoms with Crippen molar-refractivity contribution in [3.05, 3.63) is 144 Å². The highest BCUT2D eigenvalue weighted by Gasteiger charge is 2.41. The molecule has 3 heteroatoms. The summed E-state index contributed by atoms with van der Waals surface area (Å²) in [5.41, 5.74) is 1.50. The number of aliphatic hydroxyl groups is 2. The van der Waals surface area contributed by atoms with Gasteiger partial charge in [0.25, 0.3) is 0 Å². The van der Waals surface area contributed by atoms with Crippen molar-refractivity contribution in [1.82, 2.24) is 4.90 Å². The normalized spacial score (nSPS) is 19.0. The van der Waals surface area contributed by atoms with Gasteiger partial charge in [0, 0.05) is 24.9 Å². The van der Waals surface area contributed by atoms with Gasteiger partial charge in [-0.15, -0.1) is 0 Å². The highest BCUT2D eigenvalue weighted by molar-refractivity contribution is 5.37. The summed E-state index contributed by atoms with van der Waals surface area (Å²) in [6.45, 7) is 0. The summed E-state index contributed by atoms with van der Waals surface area (Å²) < 4.78 is 0. The molecule has 0 unspecified atom stereocenters. The molecule has 190 valence electrons. The average Bonchev–Trinajstić information content (AvgIpc) is 2.97. The van der Waals surface area contributed by atoms with Gasteiger partial charge in [0.2, 0.25) is 0 Å². The van der Waals surface area contributed by atoms with Gasteiger partial charge < -0.3 is 15.1 Å². The Morgan fingerprint density at radius 1 is 0.541 bits per heavy atom. The Kier molecular flexibility index (Phi) is 7.57. The number of rotatable bonds is 8. The lowest BCUT2D eigenvalue weighted by Gasteiger charge is -2.46. The second kappa shape index (κ2) is 11.0. The molecule has 0 amide bonds. The smallest absolute Gasteiger partial charge is 0.116 e. The number of nitrogens with zero attached hydrogens (tertiary/aromatic N) is 1. The van der Waals surface area contributed by atoms with E-state index in [2.05, 4.69) is 11.9 Å². The lowest BCUT2D eigenvalue weighted by Crippen LogP contribution is -2.50. The Balaban J connectivity index is 1.44. The van der Waals surface area contributed by atoms with Crippen molar-refractivity contribution in [2.45, 2.75) is 55.4 Å². The molecule has 4 aromatic rings. The van der Waals surface area contributed by atoms with E-state index in [1.54, 1.807) is 0 Å². The van der Waals surface area contributed by atoms with Gasteiger partial charge in [-0.2, -0.15) is 0 Å². The Labute approximate surface area is 221 Å². The van der Waals surface area contributed by atoms with Gasteiger partial charge in [-0.25, -0.2) is 0 Å². The summed E-state index contributed by atoms with van der Waals surface area (Å²) in [4.78, 5) is 2.41. The van der Waals surface area contributed by atoms with E-state index in [9.17, 15) is 10.2 Å². The van der Waals surface area contributed by atoms with E-state index in [0.29, 0.717) is 12.8 Å². The van der Waals surface area contributed by atoms with Crippen LogP contribution in [0.25, 0.3) is 0 Å². The van der Waals surface area contributed by atoms with Gasteiger partial charge in [-0.3, -0.25) is 0 Å². The van der Waals surface area contributed by atoms with Crippen LogP contribution in [0, 0.1) is 0 Å². The largest absolute Gasteiger partial charge is 0.380 e. The van der Waals surface area contributed by atoms with Gasteiger partial charge >= 0.3 is 0 Å². The minimum absolute atomic E-state index is 0.181. The average molecular weight is 492 g/mol. The molecule has 3 nitrogen and oxygen atoms in total. The maximum Gasteiger partial charge on any atom is 0.116 e. The summed E-state index contributed by atoms with van der Waals surface area (Å²) in [6.07, 6.45) is 4.30. The van der Waals surface area contributed by atoms with E-state index >= 15 is 0 Å². The first-order valence-corrected chi connectivity index (χ1v) is 13.4. The fourth-order valence-corrected chi connectivity index (χ4v) is 6.13. The molecule has 0 aromatic heterocycles. The molecule has 1 fully saturated rings. The zero-order valence-electron chi connectivity index (χ0n) is 21.6. The standard InChI is InChI=1S/C34H37NO2/c1-35-31(25-33(36,27-15-6-2-7-16-27)28-17-8-3-9-18-28)23-14-24-32(35)26-34(37,29-19-10-4-11-20-29)30-21-12-5-13-22-30/h2-13,15-22,31-32,36-37H,14,23-26H2,1H3/t31-,32-/m1/s1. The molecule has 1 aliphatic heterocycles.